The maximum Gasteiger partial charge on any atom is 0.0624 e. The first-order chi connectivity index (χ1) is 5.65. The second-order valence-corrected chi connectivity index (χ2v) is 2.98. The summed E-state index contributed by atoms with van der Waals surface area (Å²) in [6.07, 6.45) is 0. The number of anilines is 1. The Kier molecular flexibility index (Phi) is 2.92. The van der Waals surface area contributed by atoms with E-state index in [1.807, 2.05) is 0 Å². The number of nitrogens with two attached hydrogens (primary N) is 2. The highest BCUT2D eigenvalue weighted by atomic mass is 35.5. The first-order valence-corrected chi connectivity index (χ1v) is 3.94. The van der Waals surface area contributed by atoms with Gasteiger partial charge in [-0.1, -0.05) is 11.6 Å². The van der Waals surface area contributed by atoms with Gasteiger partial charge in [-0.3, -0.25) is 0 Å². The van der Waals surface area contributed by atoms with Crippen LogP contribution in [0.5, 0.6) is 0 Å². The molecule has 1 aromatic carbocycles. The minimum atomic E-state index is -0.457. The van der Waals surface area contributed by atoms with Gasteiger partial charge in [0.2, 0.25) is 0 Å². The smallest absolute Gasteiger partial charge is 0.0624 e. The monoisotopic (exact) mass is 186 g/mol. The zero-order valence-corrected chi connectivity index (χ0v) is 7.25. The highest BCUT2D eigenvalue weighted by Gasteiger charge is 2.08. The average Bonchev–Trinajstić information content (AvgIpc) is 2.08. The predicted molar refractivity (Wildman–Crippen MR) is 49.9 cm³/mol. The summed E-state index contributed by atoms with van der Waals surface area (Å²) in [6.45, 7) is -0.136. The fraction of sp³-hybridized carbons (Fsp3) is 0.250. The van der Waals surface area contributed by atoms with Crippen molar-refractivity contribution < 1.29 is 5.11 Å². The fourth-order valence-electron chi connectivity index (χ4n) is 0.945. The molecule has 66 valence electrons. The molecule has 0 aliphatic rings. The Bertz CT molecular complexity index is 278. The van der Waals surface area contributed by atoms with Gasteiger partial charge in [-0.25, -0.2) is 0 Å². The van der Waals surface area contributed by atoms with Crippen LogP contribution in [0, 0.1) is 0 Å². The van der Waals surface area contributed by atoms with Gasteiger partial charge in [-0.15, -0.1) is 0 Å². The first kappa shape index (κ1) is 9.32. The molecule has 0 unspecified atom stereocenters. The van der Waals surface area contributed by atoms with Crippen LogP contribution in [0.25, 0.3) is 0 Å². The van der Waals surface area contributed by atoms with Gasteiger partial charge in [-0.05, 0) is 23.8 Å². The van der Waals surface area contributed by atoms with Crippen LogP contribution in [0.15, 0.2) is 18.2 Å². The van der Waals surface area contributed by atoms with Crippen LogP contribution >= 0.6 is 11.6 Å². The number of halogens is 1. The summed E-state index contributed by atoms with van der Waals surface area (Å²) >= 11 is 5.82. The van der Waals surface area contributed by atoms with Gasteiger partial charge in [0.05, 0.1) is 12.6 Å². The molecular formula is C8H11ClN2O. The lowest BCUT2D eigenvalue weighted by Crippen LogP contribution is -2.15. The van der Waals surface area contributed by atoms with Gasteiger partial charge in [0.25, 0.3) is 0 Å². The van der Waals surface area contributed by atoms with Gasteiger partial charge in [0.1, 0.15) is 0 Å². The number of hydrogen-bond acceptors (Lipinski definition) is 3. The van der Waals surface area contributed by atoms with E-state index in [-0.39, 0.29) is 6.61 Å². The van der Waals surface area contributed by atoms with Crippen LogP contribution in [0.1, 0.15) is 11.6 Å². The van der Waals surface area contributed by atoms with Crippen molar-refractivity contribution in [2.45, 2.75) is 6.04 Å². The third kappa shape index (κ3) is 1.88. The van der Waals surface area contributed by atoms with E-state index in [1.165, 1.54) is 0 Å². The van der Waals surface area contributed by atoms with Gasteiger partial charge in [0, 0.05) is 10.7 Å². The molecule has 0 saturated heterocycles. The molecule has 0 fully saturated rings. The lowest BCUT2D eigenvalue weighted by atomic mass is 10.1. The molecule has 5 N–H and O–H groups in total. The second-order valence-electron chi connectivity index (χ2n) is 2.57. The normalized spacial score (nSPS) is 12.9. The Labute approximate surface area is 75.9 Å². The molecule has 3 nitrogen and oxygen atoms in total. The molecule has 0 radical (unpaired) electrons. The van der Waals surface area contributed by atoms with E-state index in [0.29, 0.717) is 16.3 Å². The predicted octanol–water partition coefficient (Wildman–Crippen LogP) is 0.914. The number of rotatable bonds is 2. The van der Waals surface area contributed by atoms with Gasteiger partial charge in [0.15, 0.2) is 0 Å². The van der Waals surface area contributed by atoms with Gasteiger partial charge < -0.3 is 16.6 Å². The maximum absolute atomic E-state index is 8.78. The van der Waals surface area contributed by atoms with Crippen molar-refractivity contribution >= 4 is 17.3 Å². The summed E-state index contributed by atoms with van der Waals surface area (Å²) in [5.41, 5.74) is 12.4. The Morgan fingerprint density at radius 3 is 2.75 bits per heavy atom. The van der Waals surface area contributed by atoms with Crippen molar-refractivity contribution in [2.75, 3.05) is 12.3 Å². The second kappa shape index (κ2) is 3.76. The van der Waals surface area contributed by atoms with Crippen molar-refractivity contribution in [3.05, 3.63) is 28.8 Å². The summed E-state index contributed by atoms with van der Waals surface area (Å²) in [7, 11) is 0. The zero-order chi connectivity index (χ0) is 9.14. The molecule has 1 atom stereocenters. The number of aliphatic hydroxyl groups is 1. The van der Waals surface area contributed by atoms with Crippen molar-refractivity contribution in [3.8, 4) is 0 Å². The Hall–Kier alpha value is -0.770. The van der Waals surface area contributed by atoms with Crippen molar-refractivity contribution in [1.82, 2.24) is 0 Å². The average molecular weight is 187 g/mol. The molecule has 0 heterocycles. The number of nitrogen functional groups attached to an aromatic ring is 1. The van der Waals surface area contributed by atoms with E-state index in [2.05, 4.69) is 0 Å². The van der Waals surface area contributed by atoms with Crippen LogP contribution in [0.3, 0.4) is 0 Å². The summed E-state index contributed by atoms with van der Waals surface area (Å²) in [6, 6.07) is 4.57. The van der Waals surface area contributed by atoms with Crippen LogP contribution in [-0.4, -0.2) is 11.7 Å². The third-order valence-electron chi connectivity index (χ3n) is 1.62. The van der Waals surface area contributed by atoms with E-state index in [1.54, 1.807) is 18.2 Å². The molecule has 0 aliphatic heterocycles. The van der Waals surface area contributed by atoms with Crippen molar-refractivity contribution in [2.24, 2.45) is 5.73 Å². The summed E-state index contributed by atoms with van der Waals surface area (Å²) < 4.78 is 0. The van der Waals surface area contributed by atoms with Crippen LogP contribution in [0.2, 0.25) is 5.02 Å². The largest absolute Gasteiger partial charge is 0.399 e. The first-order valence-electron chi connectivity index (χ1n) is 3.56. The molecular weight excluding hydrogens is 176 g/mol. The molecule has 0 amide bonds. The van der Waals surface area contributed by atoms with Crippen LogP contribution in [0.4, 0.5) is 5.69 Å². The molecule has 12 heavy (non-hydrogen) atoms. The number of benzene rings is 1. The standard InChI is InChI=1S/C8H11ClN2O/c9-7-2-1-5(10)3-6(7)8(11)4-12/h1-3,8,12H,4,10-11H2/t8-/m1/s1. The molecule has 0 spiro atoms. The molecule has 0 aliphatic carbocycles. The third-order valence-corrected chi connectivity index (χ3v) is 1.96. The highest BCUT2D eigenvalue weighted by molar-refractivity contribution is 6.31. The number of aliphatic hydroxyl groups excluding tert-OH is 1. The molecule has 4 heteroatoms. The molecule has 0 saturated carbocycles. The lowest BCUT2D eigenvalue weighted by Gasteiger charge is -2.10. The van der Waals surface area contributed by atoms with E-state index in [9.17, 15) is 0 Å². The van der Waals surface area contributed by atoms with Crippen LogP contribution < -0.4 is 11.5 Å². The van der Waals surface area contributed by atoms with E-state index in [0.717, 1.165) is 0 Å². The molecule has 0 bridgehead atoms. The Morgan fingerprint density at radius 2 is 2.17 bits per heavy atom. The molecule has 1 aromatic rings. The zero-order valence-electron chi connectivity index (χ0n) is 6.50. The van der Waals surface area contributed by atoms with Gasteiger partial charge >= 0.3 is 0 Å². The Morgan fingerprint density at radius 1 is 1.50 bits per heavy atom. The fourth-order valence-corrected chi connectivity index (χ4v) is 1.20. The SMILES string of the molecule is Nc1ccc(Cl)c([C@H](N)CO)c1. The van der Waals surface area contributed by atoms with E-state index < -0.39 is 6.04 Å². The minimum Gasteiger partial charge on any atom is -0.399 e. The summed E-state index contributed by atoms with van der Waals surface area (Å²) in [4.78, 5) is 0. The lowest BCUT2D eigenvalue weighted by molar-refractivity contribution is 0.268. The minimum absolute atomic E-state index is 0.136. The summed E-state index contributed by atoms with van der Waals surface area (Å²) in [5, 5.41) is 9.31. The topological polar surface area (TPSA) is 72.3 Å². The molecule has 0 aromatic heterocycles. The van der Waals surface area contributed by atoms with Crippen molar-refractivity contribution in [3.63, 3.8) is 0 Å². The quantitative estimate of drug-likeness (QED) is 0.602. The Balaban J connectivity index is 3.04. The van der Waals surface area contributed by atoms with E-state index in [4.69, 9.17) is 28.2 Å². The maximum atomic E-state index is 8.78. The van der Waals surface area contributed by atoms with Gasteiger partial charge in [-0.2, -0.15) is 0 Å². The highest BCUT2D eigenvalue weighted by Crippen LogP contribution is 2.23. The molecule has 1 rings (SSSR count). The number of hydrogen-bond donors (Lipinski definition) is 3. The van der Waals surface area contributed by atoms with E-state index >= 15 is 0 Å². The van der Waals surface area contributed by atoms with Crippen LogP contribution in [-0.2, 0) is 0 Å². The summed E-state index contributed by atoms with van der Waals surface area (Å²) in [5.74, 6) is 0. The van der Waals surface area contributed by atoms with Crippen molar-refractivity contribution in [1.29, 1.82) is 0 Å².